The number of rotatable bonds is 6. The number of carbonyl (C=O) groups excluding carboxylic acids is 1. The number of hydrogen-bond acceptors (Lipinski definition) is 2. The van der Waals surface area contributed by atoms with Gasteiger partial charge in [-0.25, -0.2) is 0 Å². The molecule has 0 saturated heterocycles. The molecular weight excluding hydrogens is 595 g/mol. The molecule has 3 unspecified atom stereocenters. The van der Waals surface area contributed by atoms with Crippen LogP contribution in [0.2, 0.25) is 0 Å². The molecule has 0 aliphatic heterocycles. The molecule has 2 aromatic carbocycles. The molecule has 0 amide bonds. The first-order chi connectivity index (χ1) is 17.0. The third kappa shape index (κ3) is 5.57. The third-order valence-electron chi connectivity index (χ3n) is 7.84. The number of alkyl halides is 4. The van der Waals surface area contributed by atoms with E-state index in [-0.39, 0.29) is 23.2 Å². The molecule has 0 N–H and O–H groups in total. The van der Waals surface area contributed by atoms with Gasteiger partial charge in [0, 0.05) is 0 Å². The van der Waals surface area contributed by atoms with Crippen molar-refractivity contribution in [1.29, 1.82) is 0 Å². The van der Waals surface area contributed by atoms with Crippen LogP contribution >= 0.6 is 20.2 Å². The van der Waals surface area contributed by atoms with Crippen LogP contribution in [-0.4, -0.2) is 17.8 Å². The van der Waals surface area contributed by atoms with Gasteiger partial charge in [-0.2, -0.15) is 0 Å². The molecule has 4 rings (SSSR count). The molecule has 37 heavy (non-hydrogen) atoms. The first kappa shape index (κ1) is 28.4. The van der Waals surface area contributed by atoms with E-state index in [2.05, 4.69) is 41.5 Å². The van der Waals surface area contributed by atoms with E-state index in [1.807, 2.05) is 24.3 Å². The summed E-state index contributed by atoms with van der Waals surface area (Å²) in [4.78, 5) is 12.9. The van der Waals surface area contributed by atoms with Gasteiger partial charge in [-0.15, -0.1) is 0 Å². The van der Waals surface area contributed by atoms with Gasteiger partial charge >= 0.3 is 226 Å². The molecule has 0 spiro atoms. The summed E-state index contributed by atoms with van der Waals surface area (Å²) >= 11 is -3.27. The Bertz CT molecular complexity index is 1060. The molecule has 2 nitrogen and oxygen atoms in total. The van der Waals surface area contributed by atoms with E-state index in [1.165, 1.54) is 0 Å². The first-order valence-electron chi connectivity index (χ1n) is 12.9. The van der Waals surface area contributed by atoms with E-state index in [4.69, 9.17) is 3.07 Å². The molecule has 204 valence electrons. The van der Waals surface area contributed by atoms with Crippen LogP contribution in [0.25, 0.3) is 0 Å². The Labute approximate surface area is 225 Å². The number of fused-ring (bicyclic) bond motifs is 2. The van der Waals surface area contributed by atoms with Gasteiger partial charge in [0.1, 0.15) is 0 Å². The van der Waals surface area contributed by atoms with Crippen LogP contribution < -0.4 is 0 Å². The van der Waals surface area contributed by atoms with Gasteiger partial charge in [0.25, 0.3) is 0 Å². The quantitative estimate of drug-likeness (QED) is 0.235. The molecule has 2 fully saturated rings. The van der Waals surface area contributed by atoms with Crippen molar-refractivity contribution in [2.24, 2.45) is 17.8 Å². The van der Waals surface area contributed by atoms with E-state index < -0.39 is 49.9 Å². The van der Waals surface area contributed by atoms with E-state index in [9.17, 15) is 4.79 Å². The van der Waals surface area contributed by atoms with Gasteiger partial charge in [0.05, 0.1) is 0 Å². The summed E-state index contributed by atoms with van der Waals surface area (Å²) < 4.78 is 67.5. The summed E-state index contributed by atoms with van der Waals surface area (Å²) in [6, 6.07) is 14.7. The van der Waals surface area contributed by atoms with Crippen molar-refractivity contribution in [3.8, 4) is 0 Å². The Morgan fingerprint density at radius 2 is 1.22 bits per heavy atom. The molecule has 2 aliphatic rings. The molecule has 7 heteroatoms. The van der Waals surface area contributed by atoms with E-state index in [1.54, 1.807) is 24.3 Å². The first-order valence-corrected chi connectivity index (χ1v) is 15.9. The van der Waals surface area contributed by atoms with Crippen LogP contribution in [-0.2, 0) is 18.7 Å². The SMILES string of the molecule is CC(C)(C)c1ccc(I(OC(=O)C(F)(F)C(F)(F)C2CC3CCC2C3)c2ccc(C(C)(C)C)cc2)cc1. The second-order valence-corrected chi connectivity index (χ2v) is 17.0. The summed E-state index contributed by atoms with van der Waals surface area (Å²) in [7, 11) is 0. The van der Waals surface area contributed by atoms with E-state index >= 15 is 17.6 Å². The average molecular weight is 633 g/mol. The van der Waals surface area contributed by atoms with Crippen LogP contribution in [0.3, 0.4) is 0 Å². The van der Waals surface area contributed by atoms with Crippen LogP contribution in [0.15, 0.2) is 48.5 Å². The molecule has 2 aromatic rings. The molecule has 2 bridgehead atoms. The van der Waals surface area contributed by atoms with Crippen molar-refractivity contribution < 1.29 is 25.4 Å². The van der Waals surface area contributed by atoms with Crippen LogP contribution in [0.1, 0.15) is 78.4 Å². The molecule has 2 aliphatic carbocycles. The fourth-order valence-corrected chi connectivity index (χ4v) is 9.45. The fourth-order valence-electron chi connectivity index (χ4n) is 5.52. The van der Waals surface area contributed by atoms with Gasteiger partial charge in [0.15, 0.2) is 0 Å². The third-order valence-corrected chi connectivity index (χ3v) is 12.4. The average Bonchev–Trinajstić information content (AvgIpc) is 3.45. The standard InChI is InChI=1S/C30H37F4IO2/c1-27(2,3)21-9-13-23(14-10-21)35(24-15-11-22(12-16-24)28(4,5)6)37-26(36)30(33,34)29(31,32)25-18-19-7-8-20(25)17-19/h9-16,19-20,25H,7-8,17-18H2,1-6H3. The number of halogens is 5. The van der Waals surface area contributed by atoms with Crippen molar-refractivity contribution in [3.63, 3.8) is 0 Å². The molecule has 2 saturated carbocycles. The maximum atomic E-state index is 15.2. The molecule has 0 heterocycles. The van der Waals surface area contributed by atoms with Crippen LogP contribution in [0, 0.1) is 24.9 Å². The fraction of sp³-hybridized carbons (Fsp3) is 0.567. The van der Waals surface area contributed by atoms with Crippen molar-refractivity contribution in [3.05, 3.63) is 66.8 Å². The minimum absolute atomic E-state index is 0.0470. The van der Waals surface area contributed by atoms with E-state index in [0.717, 1.165) is 17.5 Å². The number of hydrogen-bond donors (Lipinski definition) is 0. The molecule has 3 atom stereocenters. The summed E-state index contributed by atoms with van der Waals surface area (Å²) in [6.45, 7) is 12.3. The second-order valence-electron chi connectivity index (χ2n) is 12.6. The van der Waals surface area contributed by atoms with Crippen LogP contribution in [0.5, 0.6) is 0 Å². The van der Waals surface area contributed by atoms with Gasteiger partial charge in [0.2, 0.25) is 0 Å². The van der Waals surface area contributed by atoms with E-state index in [0.29, 0.717) is 20.0 Å². The normalized spacial score (nSPS) is 22.8. The zero-order valence-corrected chi connectivity index (χ0v) is 24.5. The van der Waals surface area contributed by atoms with Crippen molar-refractivity contribution in [2.45, 2.75) is 89.9 Å². The second kappa shape index (κ2) is 9.83. The van der Waals surface area contributed by atoms with Crippen LogP contribution in [0.4, 0.5) is 17.6 Å². The number of benzene rings is 2. The van der Waals surface area contributed by atoms with Gasteiger partial charge < -0.3 is 0 Å². The topological polar surface area (TPSA) is 26.3 Å². The molecule has 0 aromatic heterocycles. The summed E-state index contributed by atoms with van der Waals surface area (Å²) in [5.41, 5.74) is 1.82. The monoisotopic (exact) mass is 632 g/mol. The Kier molecular flexibility index (Phi) is 7.54. The van der Waals surface area contributed by atoms with Crippen molar-refractivity contribution >= 4 is 26.2 Å². The zero-order chi connectivity index (χ0) is 27.4. The maximum absolute atomic E-state index is 15.2. The summed E-state index contributed by atoms with van der Waals surface area (Å²) in [6.07, 6.45) is 1.92. The Morgan fingerprint density at radius 1 is 0.757 bits per heavy atom. The Morgan fingerprint density at radius 3 is 1.57 bits per heavy atom. The van der Waals surface area contributed by atoms with Crippen molar-refractivity contribution in [1.82, 2.24) is 0 Å². The summed E-state index contributed by atoms with van der Waals surface area (Å²) in [5.74, 6) is -13.3. The molecular formula is C30H37F4IO2. The zero-order valence-electron chi connectivity index (χ0n) is 22.4. The van der Waals surface area contributed by atoms with Gasteiger partial charge in [-0.3, -0.25) is 0 Å². The Balaban J connectivity index is 1.65. The predicted octanol–water partition coefficient (Wildman–Crippen LogP) is 8.99. The van der Waals surface area contributed by atoms with Gasteiger partial charge in [-0.05, 0) is 0 Å². The minimum atomic E-state index is -4.88. The Hall–Kier alpha value is -1.64. The molecule has 0 radical (unpaired) electrons. The van der Waals surface area contributed by atoms with Crippen molar-refractivity contribution in [2.75, 3.05) is 0 Å². The predicted molar refractivity (Wildman–Crippen MR) is 147 cm³/mol. The number of carbonyl (C=O) groups is 1. The summed E-state index contributed by atoms with van der Waals surface area (Å²) in [5, 5.41) is 0. The van der Waals surface area contributed by atoms with Gasteiger partial charge in [-0.1, -0.05) is 0 Å².